The van der Waals surface area contributed by atoms with Gasteiger partial charge in [0, 0.05) is 21.4 Å². The molecule has 2 heterocycles. The number of halogens is 1. The van der Waals surface area contributed by atoms with Crippen molar-refractivity contribution in [2.75, 3.05) is 0 Å². The fourth-order valence-electron chi connectivity index (χ4n) is 5.72. The summed E-state index contributed by atoms with van der Waals surface area (Å²) >= 11 is 6.65. The van der Waals surface area contributed by atoms with E-state index in [2.05, 4.69) is 103 Å². The Balaban J connectivity index is 1.72. The van der Waals surface area contributed by atoms with Gasteiger partial charge in [-0.15, -0.1) is 0 Å². The number of rotatable bonds is 2. The molecule has 5 aromatic carbocycles. The Morgan fingerprint density at radius 2 is 1.24 bits per heavy atom. The van der Waals surface area contributed by atoms with Gasteiger partial charge in [-0.25, -0.2) is 0 Å². The number of fused-ring (bicyclic) bond motifs is 7. The number of hydrogen-bond acceptors (Lipinski definition) is 1. The van der Waals surface area contributed by atoms with Crippen molar-refractivity contribution in [1.29, 1.82) is 0 Å². The molecule has 1 aliphatic rings. The Labute approximate surface area is 197 Å². The van der Waals surface area contributed by atoms with Gasteiger partial charge in [-0.3, -0.25) is 0 Å². The van der Waals surface area contributed by atoms with E-state index in [0.29, 0.717) is 0 Å². The lowest BCUT2D eigenvalue weighted by Crippen LogP contribution is -2.72. The van der Waals surface area contributed by atoms with Crippen LogP contribution in [-0.4, -0.2) is 8.07 Å². The summed E-state index contributed by atoms with van der Waals surface area (Å²) in [6.07, 6.45) is 0. The van der Waals surface area contributed by atoms with Crippen LogP contribution in [0.15, 0.2) is 120 Å². The highest BCUT2D eigenvalue weighted by Gasteiger charge is 2.49. The monoisotopic (exact) mass is 458 g/mol. The molecular formula is C30H19ClOSi. The third-order valence-electron chi connectivity index (χ3n) is 7.02. The minimum absolute atomic E-state index is 0.770. The van der Waals surface area contributed by atoms with Gasteiger partial charge in [-0.2, -0.15) is 0 Å². The van der Waals surface area contributed by atoms with Gasteiger partial charge in [0.2, 0.25) is 0 Å². The van der Waals surface area contributed by atoms with Gasteiger partial charge in [-0.05, 0) is 44.5 Å². The summed E-state index contributed by atoms with van der Waals surface area (Å²) < 4.78 is 6.54. The van der Waals surface area contributed by atoms with Crippen LogP contribution in [0.25, 0.3) is 33.1 Å². The SMILES string of the molecule is Clc1ccc2c(c1)[Si](c1ccccc1)(c1ccccc1)c1ccc3c(oc4ccccc43)c1-2. The second-order valence-electron chi connectivity index (χ2n) is 8.63. The minimum Gasteiger partial charge on any atom is -0.455 e. The van der Waals surface area contributed by atoms with Gasteiger partial charge < -0.3 is 4.42 Å². The van der Waals surface area contributed by atoms with Gasteiger partial charge in [0.25, 0.3) is 0 Å². The third kappa shape index (κ3) is 2.48. The molecule has 3 heteroatoms. The van der Waals surface area contributed by atoms with E-state index in [1.165, 1.54) is 31.9 Å². The standard InChI is InChI=1S/C30H19ClOSi/c31-20-15-16-25-28(19-20)33(21-9-3-1-4-10-21,22-11-5-2-6-12-22)27-18-17-24-23-13-7-8-14-26(23)32-30(24)29(25)27/h1-19H. The summed E-state index contributed by atoms with van der Waals surface area (Å²) in [5.74, 6) is 0. The van der Waals surface area contributed by atoms with E-state index < -0.39 is 8.07 Å². The van der Waals surface area contributed by atoms with Crippen molar-refractivity contribution >= 4 is 62.4 Å². The largest absolute Gasteiger partial charge is 0.455 e. The highest BCUT2D eigenvalue weighted by atomic mass is 35.5. The van der Waals surface area contributed by atoms with E-state index in [4.69, 9.17) is 16.0 Å². The maximum Gasteiger partial charge on any atom is 0.181 e. The number of furan rings is 1. The quantitative estimate of drug-likeness (QED) is 0.307. The first-order valence-electron chi connectivity index (χ1n) is 11.1. The lowest BCUT2D eigenvalue weighted by molar-refractivity contribution is 0.670. The highest BCUT2D eigenvalue weighted by molar-refractivity contribution is 7.22. The molecule has 1 aromatic heterocycles. The van der Waals surface area contributed by atoms with Crippen molar-refractivity contribution in [2.24, 2.45) is 0 Å². The smallest absolute Gasteiger partial charge is 0.181 e. The molecule has 1 aliphatic heterocycles. The number of para-hydroxylation sites is 1. The van der Waals surface area contributed by atoms with Gasteiger partial charge in [0.05, 0.1) is 0 Å². The Morgan fingerprint density at radius 3 is 1.97 bits per heavy atom. The van der Waals surface area contributed by atoms with Crippen LogP contribution in [0.1, 0.15) is 0 Å². The van der Waals surface area contributed by atoms with Crippen molar-refractivity contribution in [1.82, 2.24) is 0 Å². The molecule has 0 atom stereocenters. The molecule has 0 saturated carbocycles. The van der Waals surface area contributed by atoms with Crippen molar-refractivity contribution in [3.05, 3.63) is 120 Å². The zero-order valence-electron chi connectivity index (χ0n) is 17.8. The first-order chi connectivity index (χ1) is 16.3. The Kier molecular flexibility index (Phi) is 3.99. The topological polar surface area (TPSA) is 13.1 Å². The summed E-state index contributed by atoms with van der Waals surface area (Å²) in [5, 5.41) is 8.49. The molecular weight excluding hydrogens is 440 g/mol. The van der Waals surface area contributed by atoms with E-state index >= 15 is 0 Å². The molecule has 0 bridgehead atoms. The van der Waals surface area contributed by atoms with Crippen LogP contribution in [0.3, 0.4) is 0 Å². The number of hydrogen-bond donors (Lipinski definition) is 0. The van der Waals surface area contributed by atoms with Crippen LogP contribution in [0, 0.1) is 0 Å². The summed E-state index contributed by atoms with van der Waals surface area (Å²) in [5.41, 5.74) is 4.35. The van der Waals surface area contributed by atoms with Crippen LogP contribution in [0.2, 0.25) is 5.02 Å². The molecule has 1 nitrogen and oxygen atoms in total. The predicted octanol–water partition coefficient (Wildman–Crippen LogP) is 5.60. The van der Waals surface area contributed by atoms with Crippen molar-refractivity contribution < 1.29 is 4.42 Å². The Morgan fingerprint density at radius 1 is 0.576 bits per heavy atom. The molecule has 0 radical (unpaired) electrons. The molecule has 6 aromatic rings. The zero-order valence-corrected chi connectivity index (χ0v) is 19.5. The van der Waals surface area contributed by atoms with E-state index in [-0.39, 0.29) is 0 Å². The van der Waals surface area contributed by atoms with Gasteiger partial charge in [-0.1, -0.05) is 109 Å². The molecule has 0 amide bonds. The van der Waals surface area contributed by atoms with Crippen LogP contribution in [-0.2, 0) is 0 Å². The van der Waals surface area contributed by atoms with Crippen LogP contribution >= 0.6 is 11.6 Å². The first kappa shape index (κ1) is 18.9. The summed E-state index contributed by atoms with van der Waals surface area (Å²) in [7, 11) is -2.57. The molecule has 33 heavy (non-hydrogen) atoms. The van der Waals surface area contributed by atoms with Gasteiger partial charge in [0.1, 0.15) is 11.2 Å². The average molecular weight is 459 g/mol. The van der Waals surface area contributed by atoms with Crippen molar-refractivity contribution in [3.63, 3.8) is 0 Å². The molecule has 0 N–H and O–H groups in total. The van der Waals surface area contributed by atoms with Crippen LogP contribution < -0.4 is 20.7 Å². The summed E-state index contributed by atoms with van der Waals surface area (Å²) in [6.45, 7) is 0. The molecule has 0 fully saturated rings. The summed E-state index contributed by atoms with van der Waals surface area (Å²) in [4.78, 5) is 0. The van der Waals surface area contributed by atoms with Crippen molar-refractivity contribution in [3.8, 4) is 11.1 Å². The van der Waals surface area contributed by atoms with E-state index in [0.717, 1.165) is 27.0 Å². The van der Waals surface area contributed by atoms with Crippen molar-refractivity contribution in [2.45, 2.75) is 0 Å². The van der Waals surface area contributed by atoms with Crippen LogP contribution in [0.4, 0.5) is 0 Å². The average Bonchev–Trinajstić information content (AvgIpc) is 3.38. The van der Waals surface area contributed by atoms with E-state index in [1.807, 2.05) is 12.1 Å². The second-order valence-corrected chi connectivity index (χ2v) is 12.8. The second kappa shape index (κ2) is 6.95. The first-order valence-corrected chi connectivity index (χ1v) is 13.5. The van der Waals surface area contributed by atoms with E-state index in [9.17, 15) is 0 Å². The molecule has 0 aliphatic carbocycles. The lowest BCUT2D eigenvalue weighted by atomic mass is 10.0. The maximum absolute atomic E-state index is 6.65. The van der Waals surface area contributed by atoms with Gasteiger partial charge in [0.15, 0.2) is 8.07 Å². The predicted molar refractivity (Wildman–Crippen MR) is 141 cm³/mol. The molecule has 0 spiro atoms. The normalized spacial score (nSPS) is 13.8. The fourth-order valence-corrected chi connectivity index (χ4v) is 11.2. The third-order valence-corrected chi connectivity index (χ3v) is 12.1. The van der Waals surface area contributed by atoms with Gasteiger partial charge >= 0.3 is 0 Å². The molecule has 7 rings (SSSR count). The lowest BCUT2D eigenvalue weighted by Gasteiger charge is -2.31. The molecule has 156 valence electrons. The Bertz CT molecular complexity index is 1630. The maximum atomic E-state index is 6.65. The fraction of sp³-hybridized carbons (Fsp3) is 0. The molecule has 0 unspecified atom stereocenters. The number of benzene rings is 5. The van der Waals surface area contributed by atoms with E-state index in [1.54, 1.807) is 0 Å². The Hall–Kier alpha value is -3.59. The minimum atomic E-state index is -2.57. The summed E-state index contributed by atoms with van der Waals surface area (Å²) in [6, 6.07) is 41.2. The highest BCUT2D eigenvalue weighted by Crippen LogP contribution is 2.39. The van der Waals surface area contributed by atoms with Crippen LogP contribution in [0.5, 0.6) is 0 Å². The molecule has 0 saturated heterocycles. The zero-order chi connectivity index (χ0) is 22.0.